The first kappa shape index (κ1) is 13.6. The molecule has 0 aromatic carbocycles. The Labute approximate surface area is 100 Å². The fraction of sp³-hybridized carbons (Fsp3) is 0.857. The van der Waals surface area contributed by atoms with Crippen LogP contribution >= 0.6 is 0 Å². The van der Waals surface area contributed by atoms with E-state index in [4.69, 9.17) is 4.74 Å². The first-order valence-electron chi connectivity index (χ1n) is 6.88. The minimum Gasteiger partial charge on any atom is -0.497 e. The summed E-state index contributed by atoms with van der Waals surface area (Å²) in [5, 5.41) is 3.37. The van der Waals surface area contributed by atoms with Crippen LogP contribution in [0.2, 0.25) is 0 Å². The molecule has 1 heterocycles. The number of hydrogen-bond donors (Lipinski definition) is 1. The van der Waals surface area contributed by atoms with E-state index >= 15 is 0 Å². The molecule has 1 aliphatic rings. The lowest BCUT2D eigenvalue weighted by atomic mass is 10.0. The van der Waals surface area contributed by atoms with E-state index in [0.29, 0.717) is 6.04 Å². The van der Waals surface area contributed by atoms with E-state index < -0.39 is 0 Å². The Hall–Kier alpha value is -0.500. The van der Waals surface area contributed by atoms with Crippen LogP contribution in [0.15, 0.2) is 11.8 Å². The molecule has 0 saturated carbocycles. The van der Waals surface area contributed by atoms with E-state index in [2.05, 4.69) is 18.3 Å². The maximum absolute atomic E-state index is 5.71. The third kappa shape index (κ3) is 5.02. The highest BCUT2D eigenvalue weighted by molar-refractivity contribution is 5.04. The molecule has 2 heteroatoms. The maximum atomic E-state index is 5.71. The summed E-state index contributed by atoms with van der Waals surface area (Å²) in [5.74, 6) is 1.18. The van der Waals surface area contributed by atoms with Crippen LogP contribution in [0.25, 0.3) is 0 Å². The smallest absolute Gasteiger partial charge is 0.109 e. The molecule has 94 valence electrons. The Bertz CT molecular complexity index is 201. The van der Waals surface area contributed by atoms with Gasteiger partial charge in [-0.2, -0.15) is 0 Å². The normalized spacial score (nSPS) is 17.8. The molecule has 0 spiro atoms. The Morgan fingerprint density at radius 1 is 1.31 bits per heavy atom. The van der Waals surface area contributed by atoms with Crippen molar-refractivity contribution in [3.05, 3.63) is 11.8 Å². The van der Waals surface area contributed by atoms with E-state index in [-0.39, 0.29) is 0 Å². The van der Waals surface area contributed by atoms with Crippen LogP contribution in [0.4, 0.5) is 0 Å². The number of ether oxygens (including phenoxy) is 1. The topological polar surface area (TPSA) is 21.3 Å². The molecular formula is C14H27NO. The van der Waals surface area contributed by atoms with E-state index in [1.54, 1.807) is 0 Å². The van der Waals surface area contributed by atoms with Gasteiger partial charge in [-0.15, -0.1) is 0 Å². The van der Waals surface area contributed by atoms with Gasteiger partial charge in [-0.3, -0.25) is 0 Å². The van der Waals surface area contributed by atoms with Gasteiger partial charge in [0.1, 0.15) is 5.76 Å². The number of rotatable bonds is 8. The van der Waals surface area contributed by atoms with Crippen molar-refractivity contribution >= 4 is 0 Å². The van der Waals surface area contributed by atoms with E-state index in [1.165, 1.54) is 57.1 Å². The first-order valence-corrected chi connectivity index (χ1v) is 6.88. The van der Waals surface area contributed by atoms with Crippen molar-refractivity contribution in [2.75, 3.05) is 13.7 Å². The fourth-order valence-electron chi connectivity index (χ4n) is 2.20. The summed E-state index contributed by atoms with van der Waals surface area (Å²) in [5.41, 5.74) is 0. The van der Waals surface area contributed by atoms with Crippen molar-refractivity contribution in [2.24, 2.45) is 0 Å². The van der Waals surface area contributed by atoms with Crippen LogP contribution in [-0.4, -0.2) is 19.7 Å². The molecule has 1 aliphatic heterocycles. The average molecular weight is 225 g/mol. The first-order chi connectivity index (χ1) is 7.88. The number of allylic oxidation sites excluding steroid dienone is 1. The predicted molar refractivity (Wildman–Crippen MR) is 69.5 cm³/mol. The van der Waals surface area contributed by atoms with Gasteiger partial charge in [0.25, 0.3) is 0 Å². The molecule has 0 radical (unpaired) electrons. The van der Waals surface area contributed by atoms with Crippen LogP contribution in [0.1, 0.15) is 58.3 Å². The standard InChI is InChI=1S/C14H27NO/c1-3-4-5-6-7-10-13(15-2)14-11-8-9-12-16-14/h11,13,15H,3-10,12H2,1-2H3. The van der Waals surface area contributed by atoms with Crippen molar-refractivity contribution in [3.63, 3.8) is 0 Å². The second-order valence-corrected chi connectivity index (χ2v) is 4.64. The van der Waals surface area contributed by atoms with Crippen LogP contribution in [0, 0.1) is 0 Å². The van der Waals surface area contributed by atoms with Crippen molar-refractivity contribution < 1.29 is 4.74 Å². The molecule has 1 N–H and O–H groups in total. The summed E-state index contributed by atoms with van der Waals surface area (Å²) in [6.45, 7) is 3.16. The lowest BCUT2D eigenvalue weighted by Gasteiger charge is -2.23. The zero-order chi connectivity index (χ0) is 11.6. The number of nitrogens with one attached hydrogen (secondary N) is 1. The zero-order valence-electron chi connectivity index (χ0n) is 10.9. The molecule has 2 nitrogen and oxygen atoms in total. The molecule has 0 aromatic heterocycles. The monoisotopic (exact) mass is 225 g/mol. The lowest BCUT2D eigenvalue weighted by Crippen LogP contribution is -2.29. The van der Waals surface area contributed by atoms with Gasteiger partial charge in [0.05, 0.1) is 12.6 Å². The second kappa shape index (κ2) is 8.63. The van der Waals surface area contributed by atoms with Crippen molar-refractivity contribution in [2.45, 2.75) is 64.3 Å². The quantitative estimate of drug-likeness (QED) is 0.637. The Morgan fingerprint density at radius 2 is 2.12 bits per heavy atom. The molecule has 0 aromatic rings. The Kier molecular flexibility index (Phi) is 7.32. The van der Waals surface area contributed by atoms with Gasteiger partial charge in [0.15, 0.2) is 0 Å². The van der Waals surface area contributed by atoms with Crippen LogP contribution in [0.5, 0.6) is 0 Å². The van der Waals surface area contributed by atoms with Gasteiger partial charge >= 0.3 is 0 Å². The highest BCUT2D eigenvalue weighted by Crippen LogP contribution is 2.18. The number of unbranched alkanes of at least 4 members (excludes halogenated alkanes) is 4. The van der Waals surface area contributed by atoms with Gasteiger partial charge in [-0.1, -0.05) is 39.0 Å². The predicted octanol–water partition coefficient (Wildman–Crippen LogP) is 3.63. The summed E-state index contributed by atoms with van der Waals surface area (Å²) in [7, 11) is 2.04. The molecule has 0 fully saturated rings. The SMILES string of the molecule is CCCCCCCC(NC)C1=CCCCO1. The molecule has 0 saturated heterocycles. The van der Waals surface area contributed by atoms with Gasteiger partial charge < -0.3 is 10.1 Å². The van der Waals surface area contributed by atoms with E-state index in [9.17, 15) is 0 Å². The molecule has 16 heavy (non-hydrogen) atoms. The number of likely N-dealkylation sites (N-methyl/N-ethyl adjacent to an activating group) is 1. The van der Waals surface area contributed by atoms with E-state index in [0.717, 1.165) is 6.61 Å². The summed E-state index contributed by atoms with van der Waals surface area (Å²) in [6, 6.07) is 0.446. The summed E-state index contributed by atoms with van der Waals surface area (Å²) >= 11 is 0. The molecule has 1 atom stereocenters. The third-order valence-electron chi connectivity index (χ3n) is 3.25. The Balaban J connectivity index is 2.18. The molecular weight excluding hydrogens is 198 g/mol. The average Bonchev–Trinajstić information content (AvgIpc) is 2.35. The van der Waals surface area contributed by atoms with Gasteiger partial charge in [0.2, 0.25) is 0 Å². The highest BCUT2D eigenvalue weighted by Gasteiger charge is 2.15. The summed E-state index contributed by atoms with van der Waals surface area (Å²) in [6.07, 6.45) is 12.6. The molecule has 1 rings (SSSR count). The lowest BCUT2D eigenvalue weighted by molar-refractivity contribution is 0.166. The highest BCUT2D eigenvalue weighted by atomic mass is 16.5. The van der Waals surface area contributed by atoms with Crippen molar-refractivity contribution in [3.8, 4) is 0 Å². The molecule has 0 bridgehead atoms. The van der Waals surface area contributed by atoms with Gasteiger partial charge in [-0.25, -0.2) is 0 Å². The Morgan fingerprint density at radius 3 is 2.75 bits per heavy atom. The number of hydrogen-bond acceptors (Lipinski definition) is 2. The second-order valence-electron chi connectivity index (χ2n) is 4.64. The van der Waals surface area contributed by atoms with Crippen LogP contribution in [-0.2, 0) is 4.74 Å². The van der Waals surface area contributed by atoms with Gasteiger partial charge in [-0.05, 0) is 32.4 Å². The maximum Gasteiger partial charge on any atom is 0.109 e. The van der Waals surface area contributed by atoms with Crippen molar-refractivity contribution in [1.29, 1.82) is 0 Å². The zero-order valence-corrected chi connectivity index (χ0v) is 10.9. The molecule has 1 unspecified atom stereocenters. The minimum atomic E-state index is 0.446. The largest absolute Gasteiger partial charge is 0.497 e. The molecule has 0 aliphatic carbocycles. The third-order valence-corrected chi connectivity index (χ3v) is 3.25. The molecule has 0 amide bonds. The van der Waals surface area contributed by atoms with Crippen LogP contribution < -0.4 is 5.32 Å². The van der Waals surface area contributed by atoms with Crippen molar-refractivity contribution in [1.82, 2.24) is 5.32 Å². The van der Waals surface area contributed by atoms with Gasteiger partial charge in [0, 0.05) is 0 Å². The van der Waals surface area contributed by atoms with Crippen LogP contribution in [0.3, 0.4) is 0 Å². The summed E-state index contributed by atoms with van der Waals surface area (Å²) < 4.78 is 5.71. The summed E-state index contributed by atoms with van der Waals surface area (Å²) in [4.78, 5) is 0. The minimum absolute atomic E-state index is 0.446. The fourth-order valence-corrected chi connectivity index (χ4v) is 2.20. The van der Waals surface area contributed by atoms with E-state index in [1.807, 2.05) is 7.05 Å².